The Hall–Kier alpha value is -3.65. The summed E-state index contributed by atoms with van der Waals surface area (Å²) in [4.78, 5) is 9.24. The summed E-state index contributed by atoms with van der Waals surface area (Å²) < 4.78 is 33.8. The van der Waals surface area contributed by atoms with Crippen molar-refractivity contribution in [3.05, 3.63) is 78.4 Å². The average Bonchev–Trinajstić information content (AvgIpc) is 2.74. The second-order valence-electron chi connectivity index (χ2n) is 6.69. The van der Waals surface area contributed by atoms with Crippen LogP contribution in [0.15, 0.2) is 77.7 Å². The van der Waals surface area contributed by atoms with Gasteiger partial charge in [0.05, 0.1) is 23.0 Å². The molecule has 0 saturated heterocycles. The molecule has 4 aromatic rings. The van der Waals surface area contributed by atoms with Crippen LogP contribution >= 0.6 is 0 Å². The monoisotopic (exact) mass is 420 g/mol. The van der Waals surface area contributed by atoms with E-state index in [2.05, 4.69) is 20.0 Å². The topological polar surface area (TPSA) is 93.2 Å². The highest BCUT2D eigenvalue weighted by Gasteiger charge is 2.19. The summed E-state index contributed by atoms with van der Waals surface area (Å²) in [7, 11) is -2.27. The van der Waals surface area contributed by atoms with Crippen LogP contribution in [0.1, 0.15) is 5.56 Å². The van der Waals surface area contributed by atoms with E-state index in [9.17, 15) is 8.42 Å². The van der Waals surface area contributed by atoms with E-state index in [0.717, 1.165) is 5.56 Å². The number of methoxy groups -OCH3 is 1. The Morgan fingerprint density at radius 3 is 2.23 bits per heavy atom. The number of aryl methyl sites for hydroxylation is 1. The van der Waals surface area contributed by atoms with Crippen molar-refractivity contribution in [3.63, 3.8) is 0 Å². The molecule has 0 radical (unpaired) electrons. The summed E-state index contributed by atoms with van der Waals surface area (Å²) in [5.74, 6) is 1.06. The van der Waals surface area contributed by atoms with Crippen molar-refractivity contribution < 1.29 is 13.2 Å². The second kappa shape index (κ2) is 8.00. The standard InChI is InChI=1S/C22H20N4O3S/c1-15-7-5-10-18(13-15)30(27,28)26-22-21(23-16-8-6-9-17(14-16)29-2)24-19-11-3-4-12-20(19)25-22/h3-14H,1-2H3,(H,23,24)(H,25,26). The fourth-order valence-corrected chi connectivity index (χ4v) is 4.08. The molecule has 0 unspecified atom stereocenters. The maximum Gasteiger partial charge on any atom is 0.263 e. The average molecular weight is 420 g/mol. The van der Waals surface area contributed by atoms with Gasteiger partial charge in [-0.15, -0.1) is 0 Å². The third-order valence-corrected chi connectivity index (χ3v) is 5.77. The third kappa shape index (κ3) is 4.18. The van der Waals surface area contributed by atoms with Crippen molar-refractivity contribution in [2.75, 3.05) is 17.1 Å². The smallest absolute Gasteiger partial charge is 0.263 e. The van der Waals surface area contributed by atoms with Crippen molar-refractivity contribution in [2.45, 2.75) is 11.8 Å². The zero-order chi connectivity index (χ0) is 21.1. The van der Waals surface area contributed by atoms with Gasteiger partial charge in [-0.3, -0.25) is 4.72 Å². The van der Waals surface area contributed by atoms with E-state index in [1.54, 1.807) is 37.4 Å². The van der Waals surface area contributed by atoms with Gasteiger partial charge in [0, 0.05) is 11.8 Å². The number of sulfonamides is 1. The Morgan fingerprint density at radius 1 is 0.833 bits per heavy atom. The first-order chi connectivity index (χ1) is 14.4. The van der Waals surface area contributed by atoms with Crippen LogP contribution in [0.5, 0.6) is 5.75 Å². The van der Waals surface area contributed by atoms with E-state index in [-0.39, 0.29) is 16.5 Å². The lowest BCUT2D eigenvalue weighted by atomic mass is 10.2. The number of benzene rings is 3. The molecule has 1 aromatic heterocycles. The molecule has 0 atom stereocenters. The van der Waals surface area contributed by atoms with Gasteiger partial charge >= 0.3 is 0 Å². The van der Waals surface area contributed by atoms with E-state index < -0.39 is 10.0 Å². The van der Waals surface area contributed by atoms with E-state index in [0.29, 0.717) is 22.5 Å². The molecule has 30 heavy (non-hydrogen) atoms. The predicted octanol–water partition coefficient (Wildman–Crippen LogP) is 4.49. The van der Waals surface area contributed by atoms with Crippen LogP contribution in [0.4, 0.5) is 17.3 Å². The van der Waals surface area contributed by atoms with E-state index in [4.69, 9.17) is 4.74 Å². The van der Waals surface area contributed by atoms with Gasteiger partial charge in [0.1, 0.15) is 5.75 Å². The minimum Gasteiger partial charge on any atom is -0.497 e. The molecular formula is C22H20N4O3S. The lowest BCUT2D eigenvalue weighted by Crippen LogP contribution is -2.16. The molecule has 0 aliphatic carbocycles. The molecule has 0 aliphatic heterocycles. The Bertz CT molecular complexity index is 1320. The lowest BCUT2D eigenvalue weighted by Gasteiger charge is -2.14. The highest BCUT2D eigenvalue weighted by Crippen LogP contribution is 2.28. The highest BCUT2D eigenvalue weighted by molar-refractivity contribution is 7.92. The van der Waals surface area contributed by atoms with Crippen LogP contribution in [0, 0.1) is 6.92 Å². The van der Waals surface area contributed by atoms with E-state index in [1.165, 1.54) is 0 Å². The molecule has 0 aliphatic rings. The Labute approximate surface area is 174 Å². The van der Waals surface area contributed by atoms with Gasteiger partial charge in [0.25, 0.3) is 10.0 Å². The van der Waals surface area contributed by atoms with Gasteiger partial charge in [-0.05, 0) is 48.9 Å². The molecule has 2 N–H and O–H groups in total. The zero-order valence-electron chi connectivity index (χ0n) is 16.5. The number of hydrogen-bond acceptors (Lipinski definition) is 6. The number of nitrogens with one attached hydrogen (secondary N) is 2. The molecule has 7 nitrogen and oxygen atoms in total. The molecule has 0 spiro atoms. The minimum absolute atomic E-state index is 0.109. The van der Waals surface area contributed by atoms with Gasteiger partial charge < -0.3 is 10.1 Å². The summed E-state index contributed by atoms with van der Waals surface area (Å²) in [5.41, 5.74) is 2.75. The molecule has 4 rings (SSSR count). The molecule has 8 heteroatoms. The van der Waals surface area contributed by atoms with Crippen LogP contribution in [0.2, 0.25) is 0 Å². The van der Waals surface area contributed by atoms with Crippen molar-refractivity contribution in [3.8, 4) is 5.75 Å². The van der Waals surface area contributed by atoms with Crippen molar-refractivity contribution in [1.29, 1.82) is 0 Å². The molecule has 0 fully saturated rings. The molecule has 0 saturated carbocycles. The number of anilines is 3. The molecular weight excluding hydrogens is 400 g/mol. The zero-order valence-corrected chi connectivity index (χ0v) is 17.3. The van der Waals surface area contributed by atoms with Crippen LogP contribution in [-0.4, -0.2) is 25.5 Å². The fraction of sp³-hybridized carbons (Fsp3) is 0.0909. The quantitative estimate of drug-likeness (QED) is 0.477. The van der Waals surface area contributed by atoms with Gasteiger partial charge in [-0.1, -0.05) is 30.3 Å². The minimum atomic E-state index is -3.85. The number of fused-ring (bicyclic) bond motifs is 1. The summed E-state index contributed by atoms with van der Waals surface area (Å²) in [6, 6.07) is 21.2. The maximum absolute atomic E-state index is 13.0. The van der Waals surface area contributed by atoms with Crippen molar-refractivity contribution in [2.24, 2.45) is 0 Å². The molecule has 3 aromatic carbocycles. The SMILES string of the molecule is COc1cccc(Nc2nc3ccccc3nc2NS(=O)(=O)c2cccc(C)c2)c1. The fourth-order valence-electron chi connectivity index (χ4n) is 2.96. The number of ether oxygens (including phenoxy) is 1. The normalized spacial score (nSPS) is 11.3. The third-order valence-electron chi connectivity index (χ3n) is 4.43. The van der Waals surface area contributed by atoms with Crippen molar-refractivity contribution in [1.82, 2.24) is 9.97 Å². The summed E-state index contributed by atoms with van der Waals surface area (Å²) >= 11 is 0. The number of aromatic nitrogens is 2. The molecule has 152 valence electrons. The van der Waals surface area contributed by atoms with Crippen LogP contribution < -0.4 is 14.8 Å². The van der Waals surface area contributed by atoms with Gasteiger partial charge in [-0.25, -0.2) is 18.4 Å². The highest BCUT2D eigenvalue weighted by atomic mass is 32.2. The first-order valence-corrected chi connectivity index (χ1v) is 10.7. The number of rotatable bonds is 6. The van der Waals surface area contributed by atoms with Crippen molar-refractivity contribution >= 4 is 38.4 Å². The first kappa shape index (κ1) is 19.7. The van der Waals surface area contributed by atoms with Gasteiger partial charge in [0.15, 0.2) is 11.6 Å². The largest absolute Gasteiger partial charge is 0.497 e. The summed E-state index contributed by atoms with van der Waals surface area (Å²) in [6.07, 6.45) is 0. The molecule has 0 bridgehead atoms. The Kier molecular flexibility index (Phi) is 5.24. The molecule has 0 amide bonds. The van der Waals surface area contributed by atoms with Gasteiger partial charge in [0.2, 0.25) is 0 Å². The van der Waals surface area contributed by atoms with Crippen LogP contribution in [-0.2, 0) is 10.0 Å². The maximum atomic E-state index is 13.0. The number of nitrogens with zero attached hydrogens (tertiary/aromatic N) is 2. The summed E-state index contributed by atoms with van der Waals surface area (Å²) in [5, 5.41) is 3.14. The van der Waals surface area contributed by atoms with Crippen LogP contribution in [0.3, 0.4) is 0 Å². The first-order valence-electron chi connectivity index (χ1n) is 9.22. The van der Waals surface area contributed by atoms with Gasteiger partial charge in [-0.2, -0.15) is 0 Å². The molecule has 1 heterocycles. The van der Waals surface area contributed by atoms with E-state index >= 15 is 0 Å². The van der Waals surface area contributed by atoms with Crippen LogP contribution in [0.25, 0.3) is 11.0 Å². The number of para-hydroxylation sites is 2. The Balaban J connectivity index is 1.78. The second-order valence-corrected chi connectivity index (χ2v) is 8.37. The summed E-state index contributed by atoms with van der Waals surface area (Å²) in [6.45, 7) is 1.84. The predicted molar refractivity (Wildman–Crippen MR) is 118 cm³/mol. The number of hydrogen-bond donors (Lipinski definition) is 2. The Morgan fingerprint density at radius 2 is 1.53 bits per heavy atom. The van der Waals surface area contributed by atoms with E-state index in [1.807, 2.05) is 49.4 Å². The lowest BCUT2D eigenvalue weighted by molar-refractivity contribution is 0.415.